The third-order valence-electron chi connectivity index (χ3n) is 4.53. The maximum Gasteiger partial charge on any atom is 0.321 e. The largest absolute Gasteiger partial charge is 0.382 e. The van der Waals surface area contributed by atoms with E-state index >= 15 is 0 Å². The smallest absolute Gasteiger partial charge is 0.321 e. The summed E-state index contributed by atoms with van der Waals surface area (Å²) in [6, 6.07) is 11.7. The second-order valence-corrected chi connectivity index (χ2v) is 6.57. The first-order valence-corrected chi connectivity index (χ1v) is 8.57. The molecule has 1 fully saturated rings. The van der Waals surface area contributed by atoms with Crippen LogP contribution < -0.4 is 16.2 Å². The molecular formula is C19H24N4O2. The average Bonchev–Trinajstić information content (AvgIpc) is 2.59. The number of piperidine rings is 1. The first kappa shape index (κ1) is 17.1. The summed E-state index contributed by atoms with van der Waals surface area (Å²) in [4.78, 5) is 25.8. The van der Waals surface area contributed by atoms with Crippen LogP contribution in [0.25, 0.3) is 0 Å². The molecule has 0 saturated carbocycles. The molecule has 1 aliphatic heterocycles. The molecule has 0 bridgehead atoms. The number of nitrogens with zero attached hydrogens (tertiary/aromatic N) is 2. The Kier molecular flexibility index (Phi) is 5.07. The highest BCUT2D eigenvalue weighted by atomic mass is 16.2. The number of amides is 2. The SMILES string of the molecule is Cc1cccc(NC2CCN(C(=O)Nc3ccn(C)c(=O)c3)CC2)c1. The predicted octanol–water partition coefficient (Wildman–Crippen LogP) is 2.80. The van der Waals surface area contributed by atoms with Gasteiger partial charge in [-0.25, -0.2) is 4.79 Å². The third kappa shape index (κ3) is 4.41. The molecule has 2 N–H and O–H groups in total. The number of aryl methyl sites for hydroxylation is 2. The Hall–Kier alpha value is -2.76. The zero-order valence-electron chi connectivity index (χ0n) is 14.7. The van der Waals surface area contributed by atoms with E-state index in [0.29, 0.717) is 24.8 Å². The second-order valence-electron chi connectivity index (χ2n) is 6.57. The number of pyridine rings is 1. The van der Waals surface area contributed by atoms with Gasteiger partial charge in [0, 0.05) is 49.8 Å². The number of carbonyl (C=O) groups is 1. The number of hydrogen-bond acceptors (Lipinski definition) is 3. The molecule has 2 aromatic rings. The molecule has 0 atom stereocenters. The molecule has 0 aliphatic carbocycles. The molecule has 6 nitrogen and oxygen atoms in total. The minimum Gasteiger partial charge on any atom is -0.382 e. The van der Waals surface area contributed by atoms with Crippen molar-refractivity contribution >= 4 is 17.4 Å². The first-order chi connectivity index (χ1) is 12.0. The zero-order chi connectivity index (χ0) is 17.8. The van der Waals surface area contributed by atoms with E-state index < -0.39 is 0 Å². The summed E-state index contributed by atoms with van der Waals surface area (Å²) in [7, 11) is 1.68. The van der Waals surface area contributed by atoms with Crippen LogP contribution in [0, 0.1) is 6.92 Å². The van der Waals surface area contributed by atoms with Gasteiger partial charge in [-0.15, -0.1) is 0 Å². The highest BCUT2D eigenvalue weighted by molar-refractivity contribution is 5.89. The number of aromatic nitrogens is 1. The highest BCUT2D eigenvalue weighted by Gasteiger charge is 2.22. The topological polar surface area (TPSA) is 66.4 Å². The van der Waals surface area contributed by atoms with Crippen LogP contribution in [0.2, 0.25) is 0 Å². The van der Waals surface area contributed by atoms with Crippen molar-refractivity contribution in [3.05, 3.63) is 58.5 Å². The van der Waals surface area contributed by atoms with Crippen LogP contribution >= 0.6 is 0 Å². The third-order valence-corrected chi connectivity index (χ3v) is 4.53. The molecule has 0 unspecified atom stereocenters. The summed E-state index contributed by atoms with van der Waals surface area (Å²) in [5, 5.41) is 6.35. The van der Waals surface area contributed by atoms with Gasteiger partial charge in [0.1, 0.15) is 0 Å². The van der Waals surface area contributed by atoms with Crippen LogP contribution in [-0.2, 0) is 7.05 Å². The summed E-state index contributed by atoms with van der Waals surface area (Å²) in [6.45, 7) is 3.47. The number of anilines is 2. The average molecular weight is 340 g/mol. The Balaban J connectivity index is 1.52. The Morgan fingerprint density at radius 3 is 2.56 bits per heavy atom. The van der Waals surface area contributed by atoms with Crippen LogP contribution in [0.3, 0.4) is 0 Å². The van der Waals surface area contributed by atoms with Gasteiger partial charge in [0.25, 0.3) is 5.56 Å². The zero-order valence-corrected chi connectivity index (χ0v) is 14.7. The molecule has 0 spiro atoms. The Bertz CT molecular complexity index is 807. The van der Waals surface area contributed by atoms with Gasteiger partial charge >= 0.3 is 6.03 Å². The summed E-state index contributed by atoms with van der Waals surface area (Å²) >= 11 is 0. The Morgan fingerprint density at radius 1 is 1.12 bits per heavy atom. The molecule has 6 heteroatoms. The van der Waals surface area contributed by atoms with E-state index in [-0.39, 0.29) is 11.6 Å². The van der Waals surface area contributed by atoms with Gasteiger partial charge in [-0.2, -0.15) is 0 Å². The Morgan fingerprint density at radius 2 is 1.88 bits per heavy atom. The van der Waals surface area contributed by atoms with Crippen LogP contribution in [0.5, 0.6) is 0 Å². The first-order valence-electron chi connectivity index (χ1n) is 8.57. The summed E-state index contributed by atoms with van der Waals surface area (Å²) in [5.74, 6) is 0. The number of rotatable bonds is 3. The number of nitrogens with one attached hydrogen (secondary N) is 2. The van der Waals surface area contributed by atoms with Crippen molar-refractivity contribution in [2.75, 3.05) is 23.7 Å². The highest BCUT2D eigenvalue weighted by Crippen LogP contribution is 2.18. The normalized spacial score (nSPS) is 15.0. The second kappa shape index (κ2) is 7.42. The molecule has 1 aliphatic rings. The molecule has 3 rings (SSSR count). The Labute approximate surface area is 147 Å². The van der Waals surface area contributed by atoms with Crippen LogP contribution in [0.4, 0.5) is 16.2 Å². The number of hydrogen-bond donors (Lipinski definition) is 2. The van der Waals surface area contributed by atoms with Crippen molar-refractivity contribution in [2.24, 2.45) is 7.05 Å². The fourth-order valence-electron chi connectivity index (χ4n) is 3.03. The summed E-state index contributed by atoms with van der Waals surface area (Å²) in [5.41, 5.74) is 2.76. The van der Waals surface area contributed by atoms with Gasteiger partial charge in [-0.05, 0) is 43.5 Å². The van der Waals surface area contributed by atoms with Gasteiger partial charge < -0.3 is 20.1 Å². The molecular weight excluding hydrogens is 316 g/mol. The number of likely N-dealkylation sites (tertiary alicyclic amines) is 1. The molecule has 2 amide bonds. The van der Waals surface area contributed by atoms with Crippen molar-refractivity contribution in [3.63, 3.8) is 0 Å². The van der Waals surface area contributed by atoms with E-state index in [1.165, 1.54) is 16.2 Å². The number of carbonyl (C=O) groups excluding carboxylic acids is 1. The number of urea groups is 1. The van der Waals surface area contributed by atoms with E-state index in [9.17, 15) is 9.59 Å². The van der Waals surface area contributed by atoms with Crippen molar-refractivity contribution in [1.29, 1.82) is 0 Å². The summed E-state index contributed by atoms with van der Waals surface area (Å²) in [6.07, 6.45) is 3.45. The van der Waals surface area contributed by atoms with Crippen LogP contribution in [0.1, 0.15) is 18.4 Å². The molecule has 0 radical (unpaired) electrons. The molecule has 25 heavy (non-hydrogen) atoms. The minimum atomic E-state index is -0.151. The van der Waals surface area contributed by atoms with E-state index in [2.05, 4.69) is 35.8 Å². The minimum absolute atomic E-state index is 0.140. The lowest BCUT2D eigenvalue weighted by Crippen LogP contribution is -2.44. The van der Waals surface area contributed by atoms with Gasteiger partial charge in [0.2, 0.25) is 0 Å². The van der Waals surface area contributed by atoms with Crippen LogP contribution in [-0.4, -0.2) is 34.6 Å². The van der Waals surface area contributed by atoms with Crippen molar-refractivity contribution in [1.82, 2.24) is 9.47 Å². The number of benzene rings is 1. The van der Waals surface area contributed by atoms with Gasteiger partial charge in [0.05, 0.1) is 0 Å². The molecule has 1 saturated heterocycles. The summed E-state index contributed by atoms with van der Waals surface area (Å²) < 4.78 is 1.47. The standard InChI is InChI=1S/C19H24N4O2/c1-14-4-3-5-16(12-14)20-15-7-10-23(11-8-15)19(25)21-17-6-9-22(2)18(24)13-17/h3-6,9,12-13,15,20H,7-8,10-11H2,1-2H3,(H,21,25). The van der Waals surface area contributed by atoms with Crippen molar-refractivity contribution < 1.29 is 4.79 Å². The maximum atomic E-state index is 12.4. The fourth-order valence-corrected chi connectivity index (χ4v) is 3.03. The fraction of sp³-hybridized carbons (Fsp3) is 0.368. The molecule has 132 valence electrons. The van der Waals surface area contributed by atoms with E-state index in [1.54, 1.807) is 24.2 Å². The quantitative estimate of drug-likeness (QED) is 0.903. The van der Waals surface area contributed by atoms with E-state index in [1.807, 2.05) is 6.07 Å². The maximum absolute atomic E-state index is 12.4. The lowest BCUT2D eigenvalue weighted by atomic mass is 10.0. The van der Waals surface area contributed by atoms with Crippen molar-refractivity contribution in [2.45, 2.75) is 25.8 Å². The predicted molar refractivity (Wildman–Crippen MR) is 100 cm³/mol. The van der Waals surface area contributed by atoms with Gasteiger partial charge in [0.15, 0.2) is 0 Å². The van der Waals surface area contributed by atoms with Gasteiger partial charge in [-0.3, -0.25) is 4.79 Å². The van der Waals surface area contributed by atoms with E-state index in [0.717, 1.165) is 18.5 Å². The molecule has 2 heterocycles. The monoisotopic (exact) mass is 340 g/mol. The molecule has 1 aromatic carbocycles. The van der Waals surface area contributed by atoms with Crippen molar-refractivity contribution in [3.8, 4) is 0 Å². The van der Waals surface area contributed by atoms with E-state index in [4.69, 9.17) is 0 Å². The lowest BCUT2D eigenvalue weighted by Gasteiger charge is -2.33. The molecule has 1 aromatic heterocycles. The van der Waals surface area contributed by atoms with Gasteiger partial charge in [-0.1, -0.05) is 12.1 Å². The lowest BCUT2D eigenvalue weighted by molar-refractivity contribution is 0.197. The van der Waals surface area contributed by atoms with Crippen LogP contribution in [0.15, 0.2) is 47.4 Å².